The van der Waals surface area contributed by atoms with Crippen LogP contribution in [0.15, 0.2) is 12.7 Å². The molecule has 0 saturated heterocycles. The Bertz CT molecular complexity index is 223. The van der Waals surface area contributed by atoms with Gasteiger partial charge in [0, 0.05) is 6.04 Å². The summed E-state index contributed by atoms with van der Waals surface area (Å²) < 4.78 is 1.95. The minimum absolute atomic E-state index is 0.407. The summed E-state index contributed by atoms with van der Waals surface area (Å²) in [6.07, 6.45) is 7.90. The van der Waals surface area contributed by atoms with E-state index < -0.39 is 0 Å². The molecule has 4 heteroatoms. The van der Waals surface area contributed by atoms with Crippen molar-refractivity contribution < 1.29 is 0 Å². The first-order chi connectivity index (χ1) is 5.86. The maximum atomic E-state index is 5.81. The summed E-state index contributed by atoms with van der Waals surface area (Å²) in [7, 11) is 0. The Balaban J connectivity index is 1.99. The second kappa shape index (κ2) is 3.23. The number of hydrogen-bond acceptors (Lipinski definition) is 3. The third kappa shape index (κ3) is 1.48. The van der Waals surface area contributed by atoms with E-state index in [0.29, 0.717) is 12.1 Å². The Kier molecular flexibility index (Phi) is 2.08. The van der Waals surface area contributed by atoms with Crippen LogP contribution in [0.25, 0.3) is 0 Å². The van der Waals surface area contributed by atoms with E-state index in [2.05, 4.69) is 10.1 Å². The molecule has 1 heterocycles. The Morgan fingerprint density at radius 1 is 1.25 bits per heavy atom. The van der Waals surface area contributed by atoms with Crippen LogP contribution in [-0.4, -0.2) is 20.8 Å². The summed E-state index contributed by atoms with van der Waals surface area (Å²) in [5, 5.41) is 4.13. The Hall–Kier alpha value is -0.900. The van der Waals surface area contributed by atoms with Gasteiger partial charge in [0.2, 0.25) is 0 Å². The van der Waals surface area contributed by atoms with E-state index in [1.54, 1.807) is 12.7 Å². The van der Waals surface area contributed by atoms with Crippen LogP contribution in [0, 0.1) is 0 Å². The zero-order valence-electron chi connectivity index (χ0n) is 7.06. The van der Waals surface area contributed by atoms with Crippen LogP contribution in [0.4, 0.5) is 0 Å². The quantitative estimate of drug-likeness (QED) is 0.668. The number of hydrogen-bond donors (Lipinski definition) is 1. The van der Waals surface area contributed by atoms with Crippen LogP contribution >= 0.6 is 0 Å². The van der Waals surface area contributed by atoms with E-state index >= 15 is 0 Å². The first-order valence-electron chi connectivity index (χ1n) is 4.46. The van der Waals surface area contributed by atoms with Gasteiger partial charge in [0.25, 0.3) is 0 Å². The SMILES string of the molecule is NC1CCC(n2cncn2)CC1. The van der Waals surface area contributed by atoms with Crippen molar-refractivity contribution >= 4 is 0 Å². The molecule has 0 aromatic carbocycles. The van der Waals surface area contributed by atoms with Crippen LogP contribution < -0.4 is 5.73 Å². The van der Waals surface area contributed by atoms with Crippen molar-refractivity contribution in [2.24, 2.45) is 5.73 Å². The molecule has 0 aliphatic heterocycles. The highest BCUT2D eigenvalue weighted by atomic mass is 15.3. The number of nitrogens with two attached hydrogens (primary N) is 1. The fourth-order valence-corrected chi connectivity index (χ4v) is 1.77. The summed E-state index contributed by atoms with van der Waals surface area (Å²) in [4.78, 5) is 3.94. The van der Waals surface area contributed by atoms with Gasteiger partial charge in [-0.1, -0.05) is 0 Å². The standard InChI is InChI=1S/C8H14N4/c9-7-1-3-8(4-2-7)12-6-10-5-11-12/h5-8H,1-4,9H2. The van der Waals surface area contributed by atoms with E-state index in [1.807, 2.05) is 4.68 Å². The molecule has 2 rings (SSSR count). The van der Waals surface area contributed by atoms with Gasteiger partial charge in [0.15, 0.2) is 0 Å². The zero-order valence-corrected chi connectivity index (χ0v) is 7.06. The maximum Gasteiger partial charge on any atom is 0.137 e. The van der Waals surface area contributed by atoms with Crippen molar-refractivity contribution in [3.63, 3.8) is 0 Å². The fraction of sp³-hybridized carbons (Fsp3) is 0.750. The van der Waals surface area contributed by atoms with Crippen LogP contribution in [0.5, 0.6) is 0 Å². The number of aromatic nitrogens is 3. The molecule has 0 radical (unpaired) electrons. The van der Waals surface area contributed by atoms with Crippen LogP contribution in [-0.2, 0) is 0 Å². The monoisotopic (exact) mass is 166 g/mol. The summed E-state index contributed by atoms with van der Waals surface area (Å²) in [6.45, 7) is 0. The summed E-state index contributed by atoms with van der Waals surface area (Å²) in [5.74, 6) is 0. The average Bonchev–Trinajstić information content (AvgIpc) is 2.58. The van der Waals surface area contributed by atoms with Crippen molar-refractivity contribution in [2.45, 2.75) is 37.8 Å². The first kappa shape index (κ1) is 7.73. The van der Waals surface area contributed by atoms with Gasteiger partial charge in [-0.25, -0.2) is 9.67 Å². The maximum absolute atomic E-state index is 5.81. The second-order valence-electron chi connectivity index (χ2n) is 3.44. The topological polar surface area (TPSA) is 56.7 Å². The predicted octanol–water partition coefficient (Wildman–Crippen LogP) is 0.720. The van der Waals surface area contributed by atoms with Crippen molar-refractivity contribution in [3.8, 4) is 0 Å². The molecule has 4 nitrogen and oxygen atoms in total. The van der Waals surface area contributed by atoms with Crippen LogP contribution in [0.1, 0.15) is 31.7 Å². The van der Waals surface area contributed by atoms with E-state index in [9.17, 15) is 0 Å². The Morgan fingerprint density at radius 3 is 2.58 bits per heavy atom. The molecule has 1 aliphatic rings. The first-order valence-corrected chi connectivity index (χ1v) is 4.46. The second-order valence-corrected chi connectivity index (χ2v) is 3.44. The third-order valence-electron chi connectivity index (χ3n) is 2.55. The largest absolute Gasteiger partial charge is 0.328 e. The molecular weight excluding hydrogens is 152 g/mol. The van der Waals surface area contributed by atoms with Gasteiger partial charge >= 0.3 is 0 Å². The number of rotatable bonds is 1. The minimum Gasteiger partial charge on any atom is -0.328 e. The van der Waals surface area contributed by atoms with E-state index in [0.717, 1.165) is 25.7 Å². The van der Waals surface area contributed by atoms with Gasteiger partial charge in [-0.15, -0.1) is 0 Å². The van der Waals surface area contributed by atoms with Crippen LogP contribution in [0.3, 0.4) is 0 Å². The molecule has 1 aromatic rings. The lowest BCUT2D eigenvalue weighted by molar-refractivity contribution is 0.304. The Labute approximate surface area is 71.8 Å². The molecule has 0 atom stereocenters. The summed E-state index contributed by atoms with van der Waals surface area (Å²) in [5.41, 5.74) is 5.81. The van der Waals surface area contributed by atoms with Crippen molar-refractivity contribution in [2.75, 3.05) is 0 Å². The van der Waals surface area contributed by atoms with E-state index in [-0.39, 0.29) is 0 Å². The van der Waals surface area contributed by atoms with Crippen molar-refractivity contribution in [1.82, 2.24) is 14.8 Å². The summed E-state index contributed by atoms with van der Waals surface area (Å²) >= 11 is 0. The van der Waals surface area contributed by atoms with Gasteiger partial charge in [-0.3, -0.25) is 0 Å². The van der Waals surface area contributed by atoms with Gasteiger partial charge in [-0.05, 0) is 25.7 Å². The highest BCUT2D eigenvalue weighted by Crippen LogP contribution is 2.26. The normalized spacial score (nSPS) is 30.4. The van der Waals surface area contributed by atoms with Crippen LogP contribution in [0.2, 0.25) is 0 Å². The lowest BCUT2D eigenvalue weighted by Crippen LogP contribution is -2.27. The molecule has 0 amide bonds. The predicted molar refractivity (Wildman–Crippen MR) is 45.5 cm³/mol. The molecule has 0 unspecified atom stereocenters. The minimum atomic E-state index is 0.407. The molecule has 0 spiro atoms. The Morgan fingerprint density at radius 2 is 2.00 bits per heavy atom. The molecule has 0 bridgehead atoms. The lowest BCUT2D eigenvalue weighted by Gasteiger charge is -2.25. The highest BCUT2D eigenvalue weighted by molar-refractivity contribution is 4.78. The molecule has 1 fully saturated rings. The lowest BCUT2D eigenvalue weighted by atomic mass is 9.92. The van der Waals surface area contributed by atoms with Crippen molar-refractivity contribution in [3.05, 3.63) is 12.7 Å². The van der Waals surface area contributed by atoms with Gasteiger partial charge < -0.3 is 5.73 Å². The molecular formula is C8H14N4. The molecule has 2 N–H and O–H groups in total. The fourth-order valence-electron chi connectivity index (χ4n) is 1.77. The van der Waals surface area contributed by atoms with E-state index in [4.69, 9.17) is 5.73 Å². The van der Waals surface area contributed by atoms with Gasteiger partial charge in [0.1, 0.15) is 12.7 Å². The molecule has 12 heavy (non-hydrogen) atoms. The average molecular weight is 166 g/mol. The zero-order chi connectivity index (χ0) is 8.39. The van der Waals surface area contributed by atoms with Gasteiger partial charge in [0.05, 0.1) is 6.04 Å². The molecule has 66 valence electrons. The third-order valence-corrected chi connectivity index (χ3v) is 2.55. The van der Waals surface area contributed by atoms with Gasteiger partial charge in [-0.2, -0.15) is 5.10 Å². The molecule has 1 aromatic heterocycles. The van der Waals surface area contributed by atoms with E-state index in [1.165, 1.54) is 0 Å². The summed E-state index contributed by atoms with van der Waals surface area (Å²) in [6, 6.07) is 0.942. The highest BCUT2D eigenvalue weighted by Gasteiger charge is 2.19. The molecule has 1 aliphatic carbocycles. The number of nitrogens with zero attached hydrogens (tertiary/aromatic N) is 3. The van der Waals surface area contributed by atoms with Crippen molar-refractivity contribution in [1.29, 1.82) is 0 Å². The molecule has 1 saturated carbocycles. The smallest absolute Gasteiger partial charge is 0.137 e.